The van der Waals surface area contributed by atoms with Gasteiger partial charge in [-0.05, 0) is 25.1 Å². The van der Waals surface area contributed by atoms with Crippen molar-refractivity contribution in [1.29, 1.82) is 0 Å². The summed E-state index contributed by atoms with van der Waals surface area (Å²) >= 11 is 0. The lowest BCUT2D eigenvalue weighted by Crippen LogP contribution is -2.28. The number of benzene rings is 1. The Bertz CT molecular complexity index is 934. The third-order valence-corrected chi connectivity index (χ3v) is 3.63. The Morgan fingerprint density at radius 3 is 2.57 bits per heavy atom. The van der Waals surface area contributed by atoms with Gasteiger partial charge in [0.2, 0.25) is 17.8 Å². The van der Waals surface area contributed by atoms with Crippen molar-refractivity contribution in [2.45, 2.75) is 13.5 Å². The number of hydrogen-bond donors (Lipinski definition) is 2. The fraction of sp³-hybridized carbons (Fsp3) is 0.222. The first-order chi connectivity index (χ1) is 13.5. The van der Waals surface area contributed by atoms with Gasteiger partial charge in [0.15, 0.2) is 12.4 Å². The summed E-state index contributed by atoms with van der Waals surface area (Å²) < 4.78 is 5.22. The second kappa shape index (κ2) is 8.71. The van der Waals surface area contributed by atoms with Crippen LogP contribution in [0.5, 0.6) is 0 Å². The molecule has 144 valence electrons. The quantitative estimate of drug-likeness (QED) is 0.581. The third-order valence-electron chi connectivity index (χ3n) is 3.63. The molecule has 0 atom stereocenters. The number of likely N-dealkylation sites (N-methyl/N-ethyl adjacent to an activating group) is 1. The van der Waals surface area contributed by atoms with E-state index in [1.807, 2.05) is 31.2 Å². The van der Waals surface area contributed by atoms with Crippen molar-refractivity contribution in [2.24, 2.45) is 0 Å². The highest BCUT2D eigenvalue weighted by Crippen LogP contribution is 2.14. The van der Waals surface area contributed by atoms with Gasteiger partial charge in [0, 0.05) is 25.1 Å². The van der Waals surface area contributed by atoms with Gasteiger partial charge in [-0.2, -0.15) is 15.0 Å². The van der Waals surface area contributed by atoms with Crippen LogP contribution < -0.4 is 16.0 Å². The topological polar surface area (TPSA) is 132 Å². The molecule has 0 bridgehead atoms. The summed E-state index contributed by atoms with van der Waals surface area (Å²) in [5.74, 6) is 0.507. The van der Waals surface area contributed by atoms with Crippen molar-refractivity contribution >= 4 is 29.5 Å². The Labute approximate surface area is 161 Å². The highest BCUT2D eigenvalue weighted by atomic mass is 16.5. The van der Waals surface area contributed by atoms with Crippen molar-refractivity contribution in [1.82, 2.24) is 24.9 Å². The molecular formula is C18H20N8O2. The van der Waals surface area contributed by atoms with Crippen molar-refractivity contribution in [3.05, 3.63) is 54.1 Å². The smallest absolute Gasteiger partial charge is 0.326 e. The van der Waals surface area contributed by atoms with Crippen LogP contribution in [0.3, 0.4) is 0 Å². The molecule has 0 aliphatic carbocycles. The van der Waals surface area contributed by atoms with E-state index in [4.69, 9.17) is 10.5 Å². The Hall–Kier alpha value is -3.82. The minimum atomic E-state index is -0.470. The number of nitrogen functional groups attached to an aromatic ring is 1. The standard InChI is InChI=1S/C18H20N8O2/c1-12-4-6-13(7-5-12)22-17-24-14(23-16(19)25-17)11-28-15(27)10-26(2)18-20-8-3-9-21-18/h3-9H,10-11H2,1-2H3,(H3,19,22,23,24,25). The molecule has 2 heterocycles. The number of nitrogens with zero attached hydrogens (tertiary/aromatic N) is 6. The summed E-state index contributed by atoms with van der Waals surface area (Å²) in [7, 11) is 1.70. The number of anilines is 4. The van der Waals surface area contributed by atoms with Gasteiger partial charge in [-0.15, -0.1) is 0 Å². The van der Waals surface area contributed by atoms with Gasteiger partial charge in [-0.25, -0.2) is 9.97 Å². The van der Waals surface area contributed by atoms with Crippen LogP contribution in [0.1, 0.15) is 11.4 Å². The van der Waals surface area contributed by atoms with Crippen LogP contribution in [0.15, 0.2) is 42.7 Å². The van der Waals surface area contributed by atoms with E-state index >= 15 is 0 Å². The molecule has 0 aliphatic heterocycles. The molecule has 0 amide bonds. The van der Waals surface area contributed by atoms with Gasteiger partial charge in [-0.1, -0.05) is 17.7 Å². The predicted molar refractivity (Wildman–Crippen MR) is 104 cm³/mol. The van der Waals surface area contributed by atoms with Crippen molar-refractivity contribution in [2.75, 3.05) is 29.5 Å². The second-order valence-electron chi connectivity index (χ2n) is 5.99. The number of ether oxygens (including phenoxy) is 1. The molecule has 1 aromatic carbocycles. The molecule has 2 aromatic heterocycles. The summed E-state index contributed by atoms with van der Waals surface area (Å²) in [4.78, 5) is 34.0. The molecule has 3 N–H and O–H groups in total. The van der Waals surface area contributed by atoms with E-state index in [0.29, 0.717) is 5.95 Å². The monoisotopic (exact) mass is 380 g/mol. The number of rotatable bonds is 7. The first kappa shape index (κ1) is 19.0. The maximum absolute atomic E-state index is 12.1. The van der Waals surface area contributed by atoms with Crippen LogP contribution in [-0.2, 0) is 16.1 Å². The molecule has 0 fully saturated rings. The van der Waals surface area contributed by atoms with Crippen LogP contribution in [0.4, 0.5) is 23.5 Å². The number of hydrogen-bond acceptors (Lipinski definition) is 10. The lowest BCUT2D eigenvalue weighted by atomic mass is 10.2. The highest BCUT2D eigenvalue weighted by molar-refractivity contribution is 5.74. The molecule has 0 saturated carbocycles. The van der Waals surface area contributed by atoms with E-state index in [2.05, 4.69) is 30.2 Å². The molecule has 28 heavy (non-hydrogen) atoms. The lowest BCUT2D eigenvalue weighted by Gasteiger charge is -2.15. The molecule has 0 unspecified atom stereocenters. The van der Waals surface area contributed by atoms with E-state index in [9.17, 15) is 4.79 Å². The maximum atomic E-state index is 12.1. The normalized spacial score (nSPS) is 10.4. The van der Waals surface area contributed by atoms with Crippen LogP contribution in [0.2, 0.25) is 0 Å². The number of nitrogens with one attached hydrogen (secondary N) is 1. The summed E-state index contributed by atoms with van der Waals surface area (Å²) in [5, 5.41) is 3.05. The van der Waals surface area contributed by atoms with Crippen molar-refractivity contribution in [3.8, 4) is 0 Å². The van der Waals surface area contributed by atoms with E-state index in [1.165, 1.54) is 0 Å². The molecule has 0 aliphatic rings. The lowest BCUT2D eigenvalue weighted by molar-refractivity contribution is -0.143. The summed E-state index contributed by atoms with van der Waals surface area (Å²) in [6.07, 6.45) is 3.20. The molecule has 10 nitrogen and oxygen atoms in total. The van der Waals surface area contributed by atoms with Crippen LogP contribution in [0.25, 0.3) is 0 Å². The van der Waals surface area contributed by atoms with E-state index in [-0.39, 0.29) is 30.9 Å². The molecule has 10 heteroatoms. The predicted octanol–water partition coefficient (Wildman–Crippen LogP) is 1.48. The van der Waals surface area contributed by atoms with Crippen LogP contribution in [0, 0.1) is 6.92 Å². The Morgan fingerprint density at radius 2 is 1.86 bits per heavy atom. The SMILES string of the molecule is Cc1ccc(Nc2nc(N)nc(COC(=O)CN(C)c3ncccn3)n2)cc1. The highest BCUT2D eigenvalue weighted by Gasteiger charge is 2.12. The largest absolute Gasteiger partial charge is 0.456 e. The number of esters is 1. The van der Waals surface area contributed by atoms with Gasteiger partial charge >= 0.3 is 5.97 Å². The number of carbonyl (C=O) groups excluding carboxylic acids is 1. The molecule has 0 spiro atoms. The minimum Gasteiger partial charge on any atom is -0.456 e. The minimum absolute atomic E-state index is 0.0148. The maximum Gasteiger partial charge on any atom is 0.326 e. The Kier molecular flexibility index (Phi) is 5.90. The van der Waals surface area contributed by atoms with Gasteiger partial charge < -0.3 is 20.7 Å². The molecular weight excluding hydrogens is 360 g/mol. The zero-order valence-electron chi connectivity index (χ0n) is 15.5. The fourth-order valence-electron chi connectivity index (χ4n) is 2.27. The summed E-state index contributed by atoms with van der Waals surface area (Å²) in [6.45, 7) is 1.86. The van der Waals surface area contributed by atoms with Gasteiger partial charge in [0.25, 0.3) is 0 Å². The molecule has 0 radical (unpaired) electrons. The summed E-state index contributed by atoms with van der Waals surface area (Å²) in [5.41, 5.74) is 7.68. The van der Waals surface area contributed by atoms with Crippen molar-refractivity contribution < 1.29 is 9.53 Å². The Morgan fingerprint density at radius 1 is 1.14 bits per heavy atom. The van der Waals surface area contributed by atoms with Crippen molar-refractivity contribution in [3.63, 3.8) is 0 Å². The zero-order valence-corrected chi connectivity index (χ0v) is 15.5. The first-order valence-corrected chi connectivity index (χ1v) is 8.47. The average Bonchev–Trinajstić information content (AvgIpc) is 2.68. The molecule has 0 saturated heterocycles. The third kappa shape index (κ3) is 5.34. The van der Waals surface area contributed by atoms with E-state index < -0.39 is 5.97 Å². The number of nitrogens with two attached hydrogens (primary N) is 1. The zero-order chi connectivity index (χ0) is 19.9. The average molecular weight is 380 g/mol. The molecule has 3 rings (SSSR count). The second-order valence-corrected chi connectivity index (χ2v) is 5.99. The van der Waals surface area contributed by atoms with Crippen LogP contribution in [-0.4, -0.2) is 44.5 Å². The summed E-state index contributed by atoms with van der Waals surface area (Å²) in [6, 6.07) is 9.42. The first-order valence-electron chi connectivity index (χ1n) is 8.47. The van der Waals surface area contributed by atoms with Gasteiger partial charge in [-0.3, -0.25) is 4.79 Å². The fourth-order valence-corrected chi connectivity index (χ4v) is 2.27. The van der Waals surface area contributed by atoms with Gasteiger partial charge in [0.05, 0.1) is 0 Å². The van der Waals surface area contributed by atoms with Crippen LogP contribution >= 0.6 is 0 Å². The molecule has 3 aromatic rings. The Balaban J connectivity index is 1.58. The number of carbonyl (C=O) groups is 1. The number of aromatic nitrogens is 5. The van der Waals surface area contributed by atoms with Gasteiger partial charge in [0.1, 0.15) is 6.54 Å². The van der Waals surface area contributed by atoms with E-state index in [0.717, 1.165) is 11.3 Å². The van der Waals surface area contributed by atoms with E-state index in [1.54, 1.807) is 30.4 Å². The number of aryl methyl sites for hydroxylation is 1.